The Morgan fingerprint density at radius 3 is 2.39 bits per heavy atom. The van der Waals surface area contributed by atoms with E-state index in [2.05, 4.69) is 46.6 Å². The van der Waals surface area contributed by atoms with Gasteiger partial charge < -0.3 is 21.1 Å². The van der Waals surface area contributed by atoms with Gasteiger partial charge in [0.15, 0.2) is 5.96 Å². The van der Waals surface area contributed by atoms with Crippen molar-refractivity contribution in [2.45, 2.75) is 58.6 Å². The highest BCUT2D eigenvalue weighted by molar-refractivity contribution is 5.78. The second-order valence-electron chi connectivity index (χ2n) is 8.74. The molecule has 0 saturated carbocycles. The maximum absolute atomic E-state index is 12.4. The highest BCUT2D eigenvalue weighted by atomic mass is 16.6. The van der Waals surface area contributed by atoms with Crippen molar-refractivity contribution in [2.75, 3.05) is 13.1 Å². The molecule has 1 amide bonds. The summed E-state index contributed by atoms with van der Waals surface area (Å²) in [7, 11) is 0. The number of hydrogen-bond donors (Lipinski definition) is 3. The van der Waals surface area contributed by atoms with E-state index in [1.165, 1.54) is 5.56 Å². The Labute approximate surface area is 185 Å². The van der Waals surface area contributed by atoms with Crippen LogP contribution in [0.5, 0.6) is 0 Å². The van der Waals surface area contributed by atoms with Crippen LogP contribution in [-0.4, -0.2) is 35.7 Å². The number of benzene rings is 1. The predicted octanol–water partition coefficient (Wildman–Crippen LogP) is 3.92. The molecule has 1 aromatic carbocycles. The molecule has 2 aromatic rings. The lowest BCUT2D eigenvalue weighted by Gasteiger charge is -2.23. The molecule has 7 nitrogen and oxygen atoms in total. The minimum absolute atomic E-state index is 0.294. The van der Waals surface area contributed by atoms with Gasteiger partial charge in [0.2, 0.25) is 0 Å². The number of hydrogen-bond acceptors (Lipinski definition) is 4. The van der Waals surface area contributed by atoms with E-state index in [0.29, 0.717) is 25.0 Å². The molecule has 1 unspecified atom stereocenters. The van der Waals surface area contributed by atoms with E-state index in [9.17, 15) is 4.79 Å². The highest BCUT2D eigenvalue weighted by Crippen LogP contribution is 2.20. The number of aromatic nitrogens is 1. The fourth-order valence-electron chi connectivity index (χ4n) is 2.91. The zero-order chi connectivity index (χ0) is 22.9. The van der Waals surface area contributed by atoms with Crippen molar-refractivity contribution >= 4 is 12.1 Å². The molecule has 2 rings (SSSR count). The summed E-state index contributed by atoms with van der Waals surface area (Å²) in [5.41, 5.74) is 8.62. The molecule has 1 aromatic heterocycles. The third-order valence-corrected chi connectivity index (χ3v) is 4.55. The van der Waals surface area contributed by atoms with Crippen LogP contribution in [0.2, 0.25) is 0 Å². The first-order chi connectivity index (χ1) is 14.6. The molecule has 4 N–H and O–H groups in total. The van der Waals surface area contributed by atoms with E-state index in [1.807, 2.05) is 51.1 Å². The number of nitrogens with two attached hydrogens (primary N) is 1. The number of carbonyl (C=O) groups is 1. The monoisotopic (exact) mass is 425 g/mol. The molecule has 0 bridgehead atoms. The van der Waals surface area contributed by atoms with Gasteiger partial charge in [-0.05, 0) is 49.9 Å². The van der Waals surface area contributed by atoms with Gasteiger partial charge in [0, 0.05) is 24.9 Å². The maximum Gasteiger partial charge on any atom is 0.408 e. The molecule has 7 heteroatoms. The van der Waals surface area contributed by atoms with Gasteiger partial charge in [-0.3, -0.25) is 9.98 Å². The minimum Gasteiger partial charge on any atom is -0.444 e. The van der Waals surface area contributed by atoms with E-state index in [4.69, 9.17) is 10.5 Å². The van der Waals surface area contributed by atoms with Crippen LogP contribution in [0.25, 0.3) is 0 Å². The van der Waals surface area contributed by atoms with Crippen molar-refractivity contribution in [3.05, 3.63) is 65.5 Å². The van der Waals surface area contributed by atoms with Gasteiger partial charge in [-0.2, -0.15) is 0 Å². The van der Waals surface area contributed by atoms with Crippen LogP contribution in [0, 0.1) is 0 Å². The zero-order valence-corrected chi connectivity index (χ0v) is 19.2. The predicted molar refractivity (Wildman–Crippen MR) is 125 cm³/mol. The number of nitrogens with one attached hydrogen (secondary N) is 2. The lowest BCUT2D eigenvalue weighted by atomic mass is 9.99. The molecule has 0 fully saturated rings. The van der Waals surface area contributed by atoms with Crippen molar-refractivity contribution in [1.82, 2.24) is 15.6 Å². The first-order valence-corrected chi connectivity index (χ1v) is 10.7. The summed E-state index contributed by atoms with van der Waals surface area (Å²) in [5, 5.41) is 6.01. The Hall–Kier alpha value is -3.09. The van der Waals surface area contributed by atoms with Crippen LogP contribution in [0.3, 0.4) is 0 Å². The SMILES string of the molecule is CC(C)c1ccc(C(CN=C(N)NCCc2ccccn2)NC(=O)OC(C)(C)C)cc1. The van der Waals surface area contributed by atoms with Gasteiger partial charge >= 0.3 is 6.09 Å². The molecule has 0 aliphatic rings. The number of amides is 1. The molecule has 168 valence electrons. The Bertz CT molecular complexity index is 843. The van der Waals surface area contributed by atoms with E-state index in [1.54, 1.807) is 6.20 Å². The summed E-state index contributed by atoms with van der Waals surface area (Å²) in [4.78, 5) is 21.1. The van der Waals surface area contributed by atoms with Crippen molar-refractivity contribution < 1.29 is 9.53 Å². The molecular formula is C24H35N5O2. The first kappa shape index (κ1) is 24.2. The smallest absolute Gasteiger partial charge is 0.408 e. The standard InChI is InChI=1S/C24H35N5O2/c1-17(2)18-9-11-19(12-10-18)21(29-23(30)31-24(3,4)5)16-28-22(25)27-15-13-20-8-6-7-14-26-20/h6-12,14,17,21H,13,15-16H2,1-5H3,(H,29,30)(H3,25,27,28). The van der Waals surface area contributed by atoms with Crippen LogP contribution >= 0.6 is 0 Å². The van der Waals surface area contributed by atoms with Gasteiger partial charge in [-0.1, -0.05) is 44.2 Å². The number of ether oxygens (including phenoxy) is 1. The lowest BCUT2D eigenvalue weighted by Crippen LogP contribution is -2.37. The summed E-state index contributed by atoms with van der Waals surface area (Å²) < 4.78 is 5.42. The largest absolute Gasteiger partial charge is 0.444 e. The van der Waals surface area contributed by atoms with Crippen molar-refractivity contribution in [3.63, 3.8) is 0 Å². The normalized spacial score (nSPS) is 13.0. The van der Waals surface area contributed by atoms with E-state index in [-0.39, 0.29) is 6.04 Å². The maximum atomic E-state index is 12.4. The Morgan fingerprint density at radius 1 is 1.13 bits per heavy atom. The van der Waals surface area contributed by atoms with Crippen molar-refractivity contribution in [3.8, 4) is 0 Å². The summed E-state index contributed by atoms with van der Waals surface area (Å²) in [6.45, 7) is 10.7. The molecule has 0 radical (unpaired) electrons. The van der Waals surface area contributed by atoms with Gasteiger partial charge in [-0.15, -0.1) is 0 Å². The number of nitrogens with zero attached hydrogens (tertiary/aromatic N) is 2. The highest BCUT2D eigenvalue weighted by Gasteiger charge is 2.20. The first-order valence-electron chi connectivity index (χ1n) is 10.7. The van der Waals surface area contributed by atoms with Gasteiger partial charge in [0.05, 0.1) is 12.6 Å². The fourth-order valence-corrected chi connectivity index (χ4v) is 2.91. The summed E-state index contributed by atoms with van der Waals surface area (Å²) in [5.74, 6) is 0.758. The molecule has 0 saturated heterocycles. The minimum atomic E-state index is -0.578. The van der Waals surface area contributed by atoms with E-state index < -0.39 is 11.7 Å². The third-order valence-electron chi connectivity index (χ3n) is 4.55. The van der Waals surface area contributed by atoms with Crippen LogP contribution in [0.4, 0.5) is 4.79 Å². The number of alkyl carbamates (subject to hydrolysis) is 1. The van der Waals surface area contributed by atoms with E-state index in [0.717, 1.165) is 17.7 Å². The molecular weight excluding hydrogens is 390 g/mol. The fraction of sp³-hybridized carbons (Fsp3) is 0.458. The Balaban J connectivity index is 2.02. The number of rotatable bonds is 8. The quantitative estimate of drug-likeness (QED) is 0.439. The average Bonchev–Trinajstić information content (AvgIpc) is 2.70. The Morgan fingerprint density at radius 2 is 1.81 bits per heavy atom. The van der Waals surface area contributed by atoms with Crippen LogP contribution in [-0.2, 0) is 11.2 Å². The topological polar surface area (TPSA) is 102 Å². The second-order valence-corrected chi connectivity index (χ2v) is 8.74. The number of aliphatic imine (C=N–C) groups is 1. The second kappa shape index (κ2) is 11.3. The molecule has 0 spiro atoms. The number of guanidine groups is 1. The Kier molecular flexibility index (Phi) is 8.85. The summed E-state index contributed by atoms with van der Waals surface area (Å²) >= 11 is 0. The van der Waals surface area contributed by atoms with Crippen LogP contribution < -0.4 is 16.4 Å². The van der Waals surface area contributed by atoms with Crippen molar-refractivity contribution in [1.29, 1.82) is 0 Å². The number of carbonyl (C=O) groups excluding carboxylic acids is 1. The molecule has 1 atom stereocenters. The molecule has 0 aliphatic carbocycles. The molecule has 1 heterocycles. The van der Waals surface area contributed by atoms with E-state index >= 15 is 0 Å². The zero-order valence-electron chi connectivity index (χ0n) is 19.2. The molecule has 0 aliphatic heterocycles. The van der Waals surface area contributed by atoms with Gasteiger partial charge in [0.1, 0.15) is 5.60 Å². The van der Waals surface area contributed by atoms with Crippen LogP contribution in [0.1, 0.15) is 63.4 Å². The van der Waals surface area contributed by atoms with Gasteiger partial charge in [-0.25, -0.2) is 4.79 Å². The average molecular weight is 426 g/mol. The van der Waals surface area contributed by atoms with Gasteiger partial charge in [0.25, 0.3) is 0 Å². The lowest BCUT2D eigenvalue weighted by molar-refractivity contribution is 0.0505. The summed E-state index contributed by atoms with van der Waals surface area (Å²) in [6, 6.07) is 13.6. The summed E-state index contributed by atoms with van der Waals surface area (Å²) in [6.07, 6.45) is 2.03. The van der Waals surface area contributed by atoms with Crippen molar-refractivity contribution in [2.24, 2.45) is 10.7 Å². The third kappa shape index (κ3) is 9.07. The molecule has 31 heavy (non-hydrogen) atoms. The van der Waals surface area contributed by atoms with Crippen LogP contribution in [0.15, 0.2) is 53.7 Å². The number of pyridine rings is 1.